The van der Waals surface area contributed by atoms with Crippen LogP contribution in [0.25, 0.3) is 6.08 Å². The Morgan fingerprint density at radius 2 is 1.92 bits per heavy atom. The third-order valence-corrected chi connectivity index (χ3v) is 8.33. The van der Waals surface area contributed by atoms with E-state index in [1.807, 2.05) is 55.7 Å². The molecule has 6 nitrogen and oxygen atoms in total. The Hall–Kier alpha value is -2.14. The zero-order valence-electron chi connectivity index (χ0n) is 20.1. The average Bonchev–Trinajstić information content (AvgIpc) is 3.14. The number of carbonyl (C=O) groups is 1. The van der Waals surface area contributed by atoms with Crippen LogP contribution in [0.2, 0.25) is 0 Å². The summed E-state index contributed by atoms with van der Waals surface area (Å²) in [5.41, 5.74) is 2.25. The highest BCUT2D eigenvalue weighted by Crippen LogP contribution is 2.34. The first-order valence-electron chi connectivity index (χ1n) is 11.2. The molecule has 3 aromatic rings. The monoisotopic (exact) mass is 650 g/mol. The zero-order chi connectivity index (χ0) is 26.0. The fourth-order valence-electron chi connectivity index (χ4n) is 4.02. The number of thioether (sulfide) groups is 1. The number of allylic oxidation sites excluding steroid dienone is 1. The second kappa shape index (κ2) is 11.5. The van der Waals surface area contributed by atoms with E-state index in [-0.39, 0.29) is 12.2 Å². The fraction of sp³-hybridized carbons (Fsp3) is 0.269. The molecule has 0 spiro atoms. The lowest BCUT2D eigenvalue weighted by Gasteiger charge is -2.24. The SMILES string of the molecule is CCOC(=O)C1=C(C)N=c2s/c(=C\c3cc(Br)cc(Br)c3OCC)c(=O)n2[C@@H]1c1ccc(SC)cc1. The Bertz CT molecular complexity index is 1520. The lowest BCUT2D eigenvalue weighted by atomic mass is 9.96. The van der Waals surface area contributed by atoms with E-state index in [4.69, 9.17) is 9.47 Å². The molecule has 0 bridgehead atoms. The summed E-state index contributed by atoms with van der Waals surface area (Å²) in [6.07, 6.45) is 3.81. The maximum atomic E-state index is 13.8. The molecule has 1 aliphatic rings. The van der Waals surface area contributed by atoms with Crippen LogP contribution in [0.1, 0.15) is 37.9 Å². The van der Waals surface area contributed by atoms with Crippen LogP contribution in [-0.4, -0.2) is 30.0 Å². The van der Waals surface area contributed by atoms with Crippen LogP contribution in [-0.2, 0) is 9.53 Å². The van der Waals surface area contributed by atoms with Gasteiger partial charge in [0.25, 0.3) is 5.56 Å². The van der Waals surface area contributed by atoms with Crippen molar-refractivity contribution in [2.75, 3.05) is 19.5 Å². The van der Waals surface area contributed by atoms with E-state index < -0.39 is 12.0 Å². The molecule has 0 saturated heterocycles. The minimum atomic E-state index is -0.640. The Morgan fingerprint density at radius 3 is 2.56 bits per heavy atom. The number of nitrogens with zero attached hydrogens (tertiary/aromatic N) is 2. The van der Waals surface area contributed by atoms with E-state index >= 15 is 0 Å². The molecule has 0 radical (unpaired) electrons. The van der Waals surface area contributed by atoms with Crippen LogP contribution >= 0.6 is 55.0 Å². The molecule has 1 atom stereocenters. The minimum absolute atomic E-state index is 0.231. The number of aromatic nitrogens is 1. The van der Waals surface area contributed by atoms with Gasteiger partial charge < -0.3 is 9.47 Å². The molecule has 1 aliphatic heterocycles. The first kappa shape index (κ1) is 26.9. The third-order valence-electron chi connectivity index (χ3n) is 5.56. The van der Waals surface area contributed by atoms with Gasteiger partial charge in [-0.2, -0.15) is 0 Å². The normalized spacial score (nSPS) is 15.5. The van der Waals surface area contributed by atoms with E-state index in [1.165, 1.54) is 11.3 Å². The summed E-state index contributed by atoms with van der Waals surface area (Å²) in [6.45, 7) is 6.17. The highest BCUT2D eigenvalue weighted by Gasteiger charge is 2.33. The maximum Gasteiger partial charge on any atom is 0.338 e. The summed E-state index contributed by atoms with van der Waals surface area (Å²) in [5, 5.41) is 0. The van der Waals surface area contributed by atoms with Crippen molar-refractivity contribution >= 4 is 67.0 Å². The van der Waals surface area contributed by atoms with Gasteiger partial charge in [-0.3, -0.25) is 9.36 Å². The predicted octanol–water partition coefficient (Wildman–Crippen LogP) is 5.44. The van der Waals surface area contributed by atoms with Crippen LogP contribution in [0, 0.1) is 0 Å². The van der Waals surface area contributed by atoms with Gasteiger partial charge in [0.2, 0.25) is 0 Å². The molecule has 0 amide bonds. The third kappa shape index (κ3) is 5.27. The predicted molar refractivity (Wildman–Crippen MR) is 152 cm³/mol. The van der Waals surface area contributed by atoms with Crippen molar-refractivity contribution in [1.29, 1.82) is 0 Å². The molecule has 2 aromatic carbocycles. The number of ether oxygens (including phenoxy) is 2. The molecule has 2 heterocycles. The second-order valence-corrected chi connectivity index (χ2v) is 11.5. The molecule has 0 unspecified atom stereocenters. The Labute approximate surface area is 234 Å². The summed E-state index contributed by atoms with van der Waals surface area (Å²) < 4.78 is 14.9. The van der Waals surface area contributed by atoms with Crippen LogP contribution in [0.3, 0.4) is 0 Å². The molecule has 0 saturated carbocycles. The molecule has 0 fully saturated rings. The summed E-state index contributed by atoms with van der Waals surface area (Å²) in [4.78, 5) is 33.1. The molecular weight excluding hydrogens is 628 g/mol. The van der Waals surface area contributed by atoms with Gasteiger partial charge in [-0.15, -0.1) is 11.8 Å². The Morgan fingerprint density at radius 1 is 1.19 bits per heavy atom. The highest BCUT2D eigenvalue weighted by molar-refractivity contribution is 9.11. The first-order valence-corrected chi connectivity index (χ1v) is 14.9. The van der Waals surface area contributed by atoms with E-state index in [1.54, 1.807) is 30.2 Å². The number of halogens is 2. The van der Waals surface area contributed by atoms with Crippen LogP contribution in [0.4, 0.5) is 0 Å². The number of benzene rings is 2. The average molecular weight is 652 g/mol. The standard InChI is InChI=1S/C26H24Br2N2O4S2/c1-5-33-23-16(11-17(27)13-19(23)28)12-20-24(31)30-22(15-7-9-18(35-4)10-8-15)21(25(32)34-6-2)14(3)29-26(30)36-20/h7-13,22H,5-6H2,1-4H3/b20-12-/t22-/m1/s1. The number of fused-ring (bicyclic) bond motifs is 1. The lowest BCUT2D eigenvalue weighted by Crippen LogP contribution is -2.39. The largest absolute Gasteiger partial charge is 0.492 e. The van der Waals surface area contributed by atoms with Gasteiger partial charge in [-0.25, -0.2) is 9.79 Å². The van der Waals surface area contributed by atoms with Crippen molar-refractivity contribution in [2.45, 2.75) is 31.7 Å². The molecule has 0 aliphatic carbocycles. The van der Waals surface area contributed by atoms with Crippen molar-refractivity contribution in [3.63, 3.8) is 0 Å². The lowest BCUT2D eigenvalue weighted by molar-refractivity contribution is -0.139. The summed E-state index contributed by atoms with van der Waals surface area (Å²) in [7, 11) is 0. The van der Waals surface area contributed by atoms with Crippen LogP contribution < -0.4 is 19.6 Å². The number of esters is 1. The zero-order valence-corrected chi connectivity index (χ0v) is 24.9. The van der Waals surface area contributed by atoms with Crippen LogP contribution in [0.15, 0.2) is 71.3 Å². The van der Waals surface area contributed by atoms with E-state index in [2.05, 4.69) is 36.9 Å². The van der Waals surface area contributed by atoms with Crippen molar-refractivity contribution in [1.82, 2.24) is 4.57 Å². The molecule has 1 aromatic heterocycles. The van der Waals surface area contributed by atoms with Crippen molar-refractivity contribution < 1.29 is 14.3 Å². The molecule has 188 valence electrons. The van der Waals surface area contributed by atoms with Gasteiger partial charge in [0.05, 0.1) is 39.5 Å². The van der Waals surface area contributed by atoms with E-state index in [0.29, 0.717) is 33.0 Å². The van der Waals surface area contributed by atoms with Gasteiger partial charge in [-0.1, -0.05) is 39.4 Å². The molecule has 10 heteroatoms. The van der Waals surface area contributed by atoms with Gasteiger partial charge in [-0.05, 0) is 78.9 Å². The van der Waals surface area contributed by atoms with Crippen LogP contribution in [0.5, 0.6) is 5.75 Å². The Balaban J connectivity index is 1.96. The smallest absolute Gasteiger partial charge is 0.338 e. The topological polar surface area (TPSA) is 69.9 Å². The highest BCUT2D eigenvalue weighted by atomic mass is 79.9. The molecule has 4 rings (SSSR count). The fourth-order valence-corrected chi connectivity index (χ4v) is 6.84. The van der Waals surface area contributed by atoms with Gasteiger partial charge >= 0.3 is 5.97 Å². The van der Waals surface area contributed by atoms with E-state index in [0.717, 1.165) is 25.0 Å². The quantitative estimate of drug-likeness (QED) is 0.251. The number of rotatable bonds is 7. The van der Waals surface area contributed by atoms with Gasteiger partial charge in [0.15, 0.2) is 4.80 Å². The summed E-state index contributed by atoms with van der Waals surface area (Å²) in [5.74, 6) is 0.181. The number of hydrogen-bond donors (Lipinski definition) is 0. The molecule has 0 N–H and O–H groups in total. The number of thiazole rings is 1. The van der Waals surface area contributed by atoms with E-state index in [9.17, 15) is 9.59 Å². The van der Waals surface area contributed by atoms with Crippen molar-refractivity contribution in [3.8, 4) is 5.75 Å². The summed E-state index contributed by atoms with van der Waals surface area (Å²) in [6, 6.07) is 11.0. The van der Waals surface area contributed by atoms with Gasteiger partial charge in [0, 0.05) is 14.9 Å². The second-order valence-electron chi connectivity index (χ2n) is 7.81. The first-order chi connectivity index (χ1) is 17.3. The molecular formula is C26H24Br2N2O4S2. The Kier molecular flexibility index (Phi) is 8.59. The minimum Gasteiger partial charge on any atom is -0.492 e. The summed E-state index contributed by atoms with van der Waals surface area (Å²) >= 11 is 9.99. The molecule has 36 heavy (non-hydrogen) atoms. The maximum absolute atomic E-state index is 13.8. The van der Waals surface area contributed by atoms with Gasteiger partial charge in [0.1, 0.15) is 5.75 Å². The van der Waals surface area contributed by atoms with Crippen molar-refractivity contribution in [2.24, 2.45) is 4.99 Å². The van der Waals surface area contributed by atoms with Crippen molar-refractivity contribution in [3.05, 3.63) is 87.4 Å². The number of carbonyl (C=O) groups excluding carboxylic acids is 1. The number of hydrogen-bond acceptors (Lipinski definition) is 7.